The second-order valence-corrected chi connectivity index (χ2v) is 10.9. The van der Waals surface area contributed by atoms with Crippen molar-refractivity contribution in [3.63, 3.8) is 0 Å². The van der Waals surface area contributed by atoms with Gasteiger partial charge in [-0.25, -0.2) is 9.97 Å². The first kappa shape index (κ1) is 23.6. The Bertz CT molecular complexity index is 1110. The minimum atomic E-state index is 0.376. The van der Waals surface area contributed by atoms with Gasteiger partial charge in [-0.15, -0.1) is 0 Å². The lowest BCUT2D eigenvalue weighted by molar-refractivity contribution is -0.141. The molecular weight excluding hydrogens is 454 g/mol. The van der Waals surface area contributed by atoms with Crippen LogP contribution in [0, 0.1) is 12.8 Å². The molecule has 1 aliphatic carbocycles. The largest absolute Gasteiger partial charge is 0.377 e. The first-order chi connectivity index (χ1) is 17.6. The van der Waals surface area contributed by atoms with Crippen molar-refractivity contribution in [3.8, 4) is 0 Å². The highest BCUT2D eigenvalue weighted by Crippen LogP contribution is 2.38. The van der Waals surface area contributed by atoms with E-state index in [1.165, 1.54) is 24.8 Å². The van der Waals surface area contributed by atoms with Gasteiger partial charge in [-0.1, -0.05) is 6.08 Å². The van der Waals surface area contributed by atoms with Crippen LogP contribution in [0.3, 0.4) is 0 Å². The summed E-state index contributed by atoms with van der Waals surface area (Å²) in [6.45, 7) is 3.92. The minimum absolute atomic E-state index is 0.376. The number of hydrogen-bond donors (Lipinski definition) is 3. The van der Waals surface area contributed by atoms with E-state index in [-0.39, 0.29) is 0 Å². The average Bonchev–Trinajstić information content (AvgIpc) is 3.60. The fraction of sp³-hybridized carbons (Fsp3) is 0.630. The number of carbonyl (C=O) groups excluding carboxylic acids is 1. The zero-order chi connectivity index (χ0) is 24.5. The molecule has 2 bridgehead atoms. The molecule has 2 atom stereocenters. The summed E-state index contributed by atoms with van der Waals surface area (Å²) in [5, 5.41) is 14.3. The normalized spacial score (nSPS) is 26.0. The van der Waals surface area contributed by atoms with Crippen LogP contribution in [0.25, 0.3) is 5.57 Å². The Balaban J connectivity index is 1.15. The lowest BCUT2D eigenvalue weighted by atomic mass is 9.81. The molecule has 6 rings (SSSR count). The van der Waals surface area contributed by atoms with E-state index in [2.05, 4.69) is 31.8 Å². The first-order valence-corrected chi connectivity index (χ1v) is 13.6. The van der Waals surface area contributed by atoms with Gasteiger partial charge in [-0.3, -0.25) is 9.89 Å². The van der Waals surface area contributed by atoms with Gasteiger partial charge in [0.05, 0.1) is 25.5 Å². The molecule has 2 aromatic rings. The van der Waals surface area contributed by atoms with Crippen molar-refractivity contribution in [1.82, 2.24) is 30.4 Å². The minimum Gasteiger partial charge on any atom is -0.377 e. The van der Waals surface area contributed by atoms with Gasteiger partial charge in [0.1, 0.15) is 11.6 Å². The fourth-order valence-corrected chi connectivity index (χ4v) is 6.04. The Kier molecular flexibility index (Phi) is 6.75. The van der Waals surface area contributed by atoms with E-state index in [4.69, 9.17) is 14.7 Å². The van der Waals surface area contributed by atoms with Crippen LogP contribution in [-0.4, -0.2) is 62.3 Å². The number of nitrogens with zero attached hydrogens (tertiary/aromatic N) is 4. The highest BCUT2D eigenvalue weighted by atomic mass is 16.5. The molecule has 0 spiro atoms. The molecule has 36 heavy (non-hydrogen) atoms. The van der Waals surface area contributed by atoms with Gasteiger partial charge >= 0.3 is 0 Å². The number of H-pyrrole nitrogens is 1. The summed E-state index contributed by atoms with van der Waals surface area (Å²) in [6, 6.07) is 5.09. The van der Waals surface area contributed by atoms with Crippen molar-refractivity contribution in [1.29, 1.82) is 0 Å². The van der Waals surface area contributed by atoms with Crippen LogP contribution in [-0.2, 0) is 16.1 Å². The maximum atomic E-state index is 13.0. The monoisotopic (exact) mass is 491 g/mol. The molecule has 0 radical (unpaired) electrons. The van der Waals surface area contributed by atoms with Gasteiger partial charge in [-0.2, -0.15) is 5.10 Å². The van der Waals surface area contributed by atoms with Gasteiger partial charge in [0.15, 0.2) is 5.82 Å². The summed E-state index contributed by atoms with van der Waals surface area (Å²) < 4.78 is 5.50. The molecule has 1 amide bonds. The molecule has 3 fully saturated rings. The van der Waals surface area contributed by atoms with Crippen LogP contribution in [0.1, 0.15) is 75.0 Å². The smallest absolute Gasteiger partial charge is 0.223 e. The average molecular weight is 492 g/mol. The van der Waals surface area contributed by atoms with E-state index in [0.717, 1.165) is 67.4 Å². The molecule has 192 valence electrons. The molecular formula is C27H37N7O2. The van der Waals surface area contributed by atoms with Crippen molar-refractivity contribution >= 4 is 23.1 Å². The van der Waals surface area contributed by atoms with Crippen LogP contribution < -0.4 is 10.6 Å². The van der Waals surface area contributed by atoms with Gasteiger partial charge in [-0.05, 0) is 69.8 Å². The van der Waals surface area contributed by atoms with Crippen molar-refractivity contribution in [3.05, 3.63) is 35.4 Å². The van der Waals surface area contributed by atoms with Crippen molar-refractivity contribution in [2.24, 2.45) is 5.92 Å². The van der Waals surface area contributed by atoms with Crippen LogP contribution in [0.2, 0.25) is 0 Å². The van der Waals surface area contributed by atoms with E-state index >= 15 is 0 Å². The number of hydrogen-bond acceptors (Lipinski definition) is 7. The Morgan fingerprint density at radius 1 is 1.14 bits per heavy atom. The number of aromatic amines is 1. The Hall–Kier alpha value is -2.78. The number of aryl methyl sites for hydroxylation is 1. The maximum absolute atomic E-state index is 13.0. The third-order valence-corrected chi connectivity index (χ3v) is 8.00. The van der Waals surface area contributed by atoms with Crippen LogP contribution in [0.15, 0.2) is 18.2 Å². The summed E-state index contributed by atoms with van der Waals surface area (Å²) in [4.78, 5) is 25.0. The maximum Gasteiger partial charge on any atom is 0.223 e. The topological polar surface area (TPSA) is 108 Å². The van der Waals surface area contributed by atoms with Crippen molar-refractivity contribution in [2.45, 2.75) is 89.4 Å². The number of carbonyl (C=O) groups is 1. The third kappa shape index (κ3) is 5.47. The van der Waals surface area contributed by atoms with Crippen molar-refractivity contribution < 1.29 is 9.53 Å². The quantitative estimate of drug-likeness (QED) is 0.515. The number of nitrogens with one attached hydrogen (secondary N) is 3. The fourth-order valence-electron chi connectivity index (χ4n) is 6.04. The molecule has 0 aromatic carbocycles. The highest BCUT2D eigenvalue weighted by Gasteiger charge is 2.41. The second kappa shape index (κ2) is 10.3. The third-order valence-electron chi connectivity index (χ3n) is 8.00. The molecule has 9 heteroatoms. The van der Waals surface area contributed by atoms with E-state index in [9.17, 15) is 4.79 Å². The molecule has 2 saturated heterocycles. The number of rotatable bonds is 8. The highest BCUT2D eigenvalue weighted by molar-refractivity contribution is 5.77. The molecule has 3 N–H and O–H groups in total. The molecule has 2 aromatic heterocycles. The predicted molar refractivity (Wildman–Crippen MR) is 138 cm³/mol. The summed E-state index contributed by atoms with van der Waals surface area (Å²) in [5.41, 5.74) is 3.13. The number of aromatic nitrogens is 4. The summed E-state index contributed by atoms with van der Waals surface area (Å²) in [6.07, 6.45) is 11.7. The van der Waals surface area contributed by atoms with Crippen molar-refractivity contribution in [2.75, 3.05) is 18.5 Å². The number of fused-ring (bicyclic) bond motifs is 2. The van der Waals surface area contributed by atoms with E-state index in [1.807, 2.05) is 19.1 Å². The SMILES string of the molecule is Cc1cc(Nc2cc(C3=CCOCC3)nc(CNC3CC4CCCC(C3)N4C(=O)CC3CC3)n2)n[nH]1. The van der Waals surface area contributed by atoms with Crippen LogP contribution >= 0.6 is 0 Å². The van der Waals surface area contributed by atoms with E-state index < -0.39 is 0 Å². The number of anilines is 2. The van der Waals surface area contributed by atoms with Gasteiger partial charge in [0.2, 0.25) is 5.91 Å². The van der Waals surface area contributed by atoms with E-state index in [0.29, 0.717) is 49.7 Å². The van der Waals surface area contributed by atoms with Crippen LogP contribution in [0.5, 0.6) is 0 Å². The molecule has 2 unspecified atom stereocenters. The Morgan fingerprint density at radius 3 is 2.67 bits per heavy atom. The second-order valence-electron chi connectivity index (χ2n) is 10.9. The number of amides is 1. The van der Waals surface area contributed by atoms with Crippen LogP contribution in [0.4, 0.5) is 11.6 Å². The Morgan fingerprint density at radius 2 is 1.97 bits per heavy atom. The Labute approximate surface area is 212 Å². The summed E-state index contributed by atoms with van der Waals surface area (Å²) >= 11 is 0. The summed E-state index contributed by atoms with van der Waals surface area (Å²) in [7, 11) is 0. The molecule has 1 saturated carbocycles. The molecule has 4 aliphatic rings. The lowest BCUT2D eigenvalue weighted by Gasteiger charge is -2.49. The van der Waals surface area contributed by atoms with E-state index in [1.54, 1.807) is 0 Å². The van der Waals surface area contributed by atoms with Gasteiger partial charge in [0.25, 0.3) is 0 Å². The standard InChI is InChI=1S/C27H37N7O2/c1-17-11-25(33-32-17)30-24-15-23(19-7-9-36-10-8-19)29-26(31-24)16-28-20-13-21-3-2-4-22(14-20)34(21)27(35)12-18-5-6-18/h7,11,15,18,20-22,28H,2-6,8-10,12-14,16H2,1H3,(H2,29,30,31,32,33). The molecule has 9 nitrogen and oxygen atoms in total. The predicted octanol–water partition coefficient (Wildman–Crippen LogP) is 3.86. The first-order valence-electron chi connectivity index (χ1n) is 13.6. The zero-order valence-electron chi connectivity index (χ0n) is 21.1. The molecule has 5 heterocycles. The van der Waals surface area contributed by atoms with Gasteiger partial charge in [0, 0.05) is 42.4 Å². The zero-order valence-corrected chi connectivity index (χ0v) is 21.1. The van der Waals surface area contributed by atoms with Gasteiger partial charge < -0.3 is 20.3 Å². The number of piperidine rings is 2. The lowest BCUT2D eigenvalue weighted by Crippen LogP contribution is -2.58. The molecule has 3 aliphatic heterocycles. The summed E-state index contributed by atoms with van der Waals surface area (Å²) in [5.74, 6) is 3.31. The number of ether oxygens (including phenoxy) is 1.